The number of nitrogens with one attached hydrogen (secondary N) is 2. The number of amides is 1. The van der Waals surface area contributed by atoms with E-state index < -0.39 is 0 Å². The predicted molar refractivity (Wildman–Crippen MR) is 88.6 cm³/mol. The number of rotatable bonds is 4. The third kappa shape index (κ3) is 2.53. The molecule has 0 aliphatic carbocycles. The number of nitrogen functional groups attached to an aromatic ring is 1. The molecule has 1 heterocycles. The molecule has 0 saturated carbocycles. The monoisotopic (exact) mass is 294 g/mol. The van der Waals surface area contributed by atoms with Crippen LogP contribution in [0.1, 0.15) is 23.7 Å². The van der Waals surface area contributed by atoms with Crippen LogP contribution in [0.2, 0.25) is 0 Å². The lowest BCUT2D eigenvalue weighted by Crippen LogP contribution is -2.24. The Balaban J connectivity index is 2.07. The van der Waals surface area contributed by atoms with Crippen molar-refractivity contribution in [3.05, 3.63) is 48.0 Å². The highest BCUT2D eigenvalue weighted by Gasteiger charge is 2.14. The molecule has 3 aromatic rings. The fourth-order valence-corrected chi connectivity index (χ4v) is 2.39. The second-order valence-electron chi connectivity index (χ2n) is 5.13. The number of H-pyrrole nitrogens is 1. The Labute approximate surface area is 128 Å². The Morgan fingerprint density at radius 2 is 2.05 bits per heavy atom. The Bertz CT molecular complexity index is 822. The molecular weight excluding hydrogens is 276 g/mol. The van der Waals surface area contributed by atoms with E-state index in [1.165, 1.54) is 0 Å². The second kappa shape index (κ2) is 5.89. The third-order valence-corrected chi connectivity index (χ3v) is 3.51. The van der Waals surface area contributed by atoms with Crippen molar-refractivity contribution in [2.75, 3.05) is 12.3 Å². The van der Waals surface area contributed by atoms with Crippen LogP contribution < -0.4 is 11.1 Å². The minimum absolute atomic E-state index is 0.105. The molecule has 1 aromatic heterocycles. The van der Waals surface area contributed by atoms with E-state index >= 15 is 0 Å². The molecule has 0 fully saturated rings. The molecule has 0 unspecified atom stereocenters. The van der Waals surface area contributed by atoms with E-state index in [1.54, 1.807) is 6.07 Å². The maximum Gasteiger partial charge on any atom is 0.253 e. The molecule has 0 saturated heterocycles. The minimum atomic E-state index is -0.105. The lowest BCUT2D eigenvalue weighted by atomic mass is 10.1. The van der Waals surface area contributed by atoms with Crippen LogP contribution >= 0.6 is 0 Å². The van der Waals surface area contributed by atoms with E-state index in [4.69, 9.17) is 5.73 Å². The zero-order valence-corrected chi connectivity index (χ0v) is 12.4. The fourth-order valence-electron chi connectivity index (χ4n) is 2.39. The average molecular weight is 294 g/mol. The molecular formula is C17H18N4O. The molecule has 0 spiro atoms. The van der Waals surface area contributed by atoms with Crippen LogP contribution in [-0.4, -0.2) is 22.4 Å². The number of aromatic nitrogens is 2. The Morgan fingerprint density at radius 3 is 2.82 bits per heavy atom. The first-order valence-electron chi connectivity index (χ1n) is 7.32. The molecule has 0 aliphatic heterocycles. The van der Waals surface area contributed by atoms with Gasteiger partial charge in [-0.25, -0.2) is 4.98 Å². The van der Waals surface area contributed by atoms with Gasteiger partial charge < -0.3 is 16.0 Å². The van der Waals surface area contributed by atoms with E-state index in [-0.39, 0.29) is 5.91 Å². The van der Waals surface area contributed by atoms with Crippen molar-refractivity contribution in [1.82, 2.24) is 15.3 Å². The highest BCUT2D eigenvalue weighted by Crippen LogP contribution is 2.26. The molecule has 5 heteroatoms. The van der Waals surface area contributed by atoms with E-state index in [1.807, 2.05) is 43.3 Å². The van der Waals surface area contributed by atoms with Gasteiger partial charge in [-0.2, -0.15) is 0 Å². The third-order valence-electron chi connectivity index (χ3n) is 3.51. The molecule has 0 aliphatic rings. The molecule has 4 N–H and O–H groups in total. The maximum absolute atomic E-state index is 12.2. The topological polar surface area (TPSA) is 83.8 Å². The summed E-state index contributed by atoms with van der Waals surface area (Å²) in [4.78, 5) is 20.1. The summed E-state index contributed by atoms with van der Waals surface area (Å²) in [6.45, 7) is 2.67. The summed E-state index contributed by atoms with van der Waals surface area (Å²) in [5.41, 5.74) is 9.54. The van der Waals surface area contributed by atoms with Crippen molar-refractivity contribution in [2.45, 2.75) is 13.3 Å². The van der Waals surface area contributed by atoms with Crippen LogP contribution in [0.25, 0.3) is 22.4 Å². The molecule has 0 bridgehead atoms. The van der Waals surface area contributed by atoms with Crippen LogP contribution in [0.15, 0.2) is 42.5 Å². The summed E-state index contributed by atoms with van der Waals surface area (Å²) in [6.07, 6.45) is 0.897. The molecule has 112 valence electrons. The number of carbonyl (C=O) groups excluding carboxylic acids is 1. The van der Waals surface area contributed by atoms with Crippen molar-refractivity contribution < 1.29 is 4.79 Å². The number of hydrogen-bond donors (Lipinski definition) is 3. The first-order valence-corrected chi connectivity index (χ1v) is 7.32. The van der Waals surface area contributed by atoms with Gasteiger partial charge in [0.15, 0.2) is 0 Å². The molecule has 22 heavy (non-hydrogen) atoms. The van der Waals surface area contributed by atoms with Gasteiger partial charge in [-0.1, -0.05) is 25.1 Å². The summed E-state index contributed by atoms with van der Waals surface area (Å²) in [5.74, 6) is 0.565. The molecule has 1 amide bonds. The molecule has 0 atom stereocenters. The van der Waals surface area contributed by atoms with Gasteiger partial charge in [-0.15, -0.1) is 0 Å². The smallest absolute Gasteiger partial charge is 0.253 e. The Kier molecular flexibility index (Phi) is 3.78. The highest BCUT2D eigenvalue weighted by atomic mass is 16.1. The lowest BCUT2D eigenvalue weighted by Gasteiger charge is -2.03. The normalized spacial score (nSPS) is 10.8. The number of nitrogens with two attached hydrogens (primary N) is 1. The van der Waals surface area contributed by atoms with Gasteiger partial charge in [0.05, 0.1) is 11.1 Å². The van der Waals surface area contributed by atoms with E-state index in [2.05, 4.69) is 15.3 Å². The second-order valence-corrected chi connectivity index (χ2v) is 5.13. The summed E-state index contributed by atoms with van der Waals surface area (Å²) in [7, 11) is 0. The molecule has 3 rings (SSSR count). The van der Waals surface area contributed by atoms with E-state index in [0.717, 1.165) is 17.5 Å². The number of hydrogen-bond acceptors (Lipinski definition) is 3. The molecule has 5 nitrogen and oxygen atoms in total. The van der Waals surface area contributed by atoms with E-state index in [0.29, 0.717) is 29.1 Å². The standard InChI is InChI=1S/C17H18N4O/c1-2-10-19-17(22)12-7-5-9-14-15(12)21-16(20-14)11-6-3-4-8-13(11)18/h3-9H,2,10,18H2,1H3,(H,19,22)(H,20,21). The van der Waals surface area contributed by atoms with Gasteiger partial charge in [-0.05, 0) is 30.7 Å². The van der Waals surface area contributed by atoms with Crippen LogP contribution in [-0.2, 0) is 0 Å². The van der Waals surface area contributed by atoms with Crippen LogP contribution in [0.3, 0.4) is 0 Å². The number of para-hydroxylation sites is 2. The maximum atomic E-state index is 12.2. The van der Waals surface area contributed by atoms with Crippen molar-refractivity contribution >= 4 is 22.6 Å². The number of fused-ring (bicyclic) bond motifs is 1. The minimum Gasteiger partial charge on any atom is -0.398 e. The van der Waals surface area contributed by atoms with Gasteiger partial charge >= 0.3 is 0 Å². The highest BCUT2D eigenvalue weighted by molar-refractivity contribution is 6.05. The van der Waals surface area contributed by atoms with Gasteiger partial charge in [-0.3, -0.25) is 4.79 Å². The summed E-state index contributed by atoms with van der Waals surface area (Å²) < 4.78 is 0. The lowest BCUT2D eigenvalue weighted by molar-refractivity contribution is 0.0955. The van der Waals surface area contributed by atoms with Crippen molar-refractivity contribution in [1.29, 1.82) is 0 Å². The van der Waals surface area contributed by atoms with Gasteiger partial charge in [0.25, 0.3) is 5.91 Å². The quantitative estimate of drug-likeness (QED) is 0.647. The fraction of sp³-hybridized carbons (Fsp3) is 0.176. The van der Waals surface area contributed by atoms with Crippen LogP contribution in [0, 0.1) is 0 Å². The van der Waals surface area contributed by atoms with Crippen molar-refractivity contribution in [3.8, 4) is 11.4 Å². The molecule has 0 radical (unpaired) electrons. The summed E-state index contributed by atoms with van der Waals surface area (Å²) in [6, 6.07) is 13.1. The predicted octanol–water partition coefficient (Wildman–Crippen LogP) is 2.95. The summed E-state index contributed by atoms with van der Waals surface area (Å²) in [5, 5.41) is 2.88. The first-order chi connectivity index (χ1) is 10.7. The largest absolute Gasteiger partial charge is 0.398 e. The Morgan fingerprint density at radius 1 is 1.23 bits per heavy atom. The Hall–Kier alpha value is -2.82. The van der Waals surface area contributed by atoms with Crippen molar-refractivity contribution in [2.24, 2.45) is 0 Å². The number of aromatic amines is 1. The van der Waals surface area contributed by atoms with Crippen LogP contribution in [0.5, 0.6) is 0 Å². The summed E-state index contributed by atoms with van der Waals surface area (Å²) >= 11 is 0. The zero-order chi connectivity index (χ0) is 15.5. The van der Waals surface area contributed by atoms with Crippen molar-refractivity contribution in [3.63, 3.8) is 0 Å². The number of nitrogens with zero attached hydrogens (tertiary/aromatic N) is 1. The van der Waals surface area contributed by atoms with Gasteiger partial charge in [0.2, 0.25) is 0 Å². The molecule has 2 aromatic carbocycles. The first kappa shape index (κ1) is 14.1. The average Bonchev–Trinajstić information content (AvgIpc) is 2.96. The van der Waals surface area contributed by atoms with E-state index in [9.17, 15) is 4.79 Å². The zero-order valence-electron chi connectivity index (χ0n) is 12.4. The van der Waals surface area contributed by atoms with Gasteiger partial charge in [0.1, 0.15) is 11.3 Å². The number of imidazole rings is 1. The van der Waals surface area contributed by atoms with Crippen LogP contribution in [0.4, 0.5) is 5.69 Å². The SMILES string of the molecule is CCCNC(=O)c1cccc2[nH]c(-c3ccccc3N)nc12. The number of benzene rings is 2. The number of carbonyl (C=O) groups is 1. The van der Waals surface area contributed by atoms with Gasteiger partial charge in [0, 0.05) is 17.8 Å². The number of anilines is 1.